The number of pyridine rings is 1. The molecule has 0 atom stereocenters. The number of carbonyl (C=O) groups is 1. The summed E-state index contributed by atoms with van der Waals surface area (Å²) in [5.41, 5.74) is 7.62. The minimum absolute atomic E-state index is 0.398. The highest BCUT2D eigenvalue weighted by Gasteiger charge is 2.02. The number of aromatic nitrogens is 3. The Hall–Kier alpha value is -2.37. The van der Waals surface area contributed by atoms with E-state index in [1.54, 1.807) is 18.3 Å². The fourth-order valence-electron chi connectivity index (χ4n) is 1.38. The van der Waals surface area contributed by atoms with Gasteiger partial charge in [0.05, 0.1) is 11.8 Å². The highest BCUT2D eigenvalue weighted by atomic mass is 16.1. The van der Waals surface area contributed by atoms with E-state index in [0.717, 1.165) is 11.3 Å². The Labute approximate surface area is 98.3 Å². The molecular formula is C11H13N5O. The average molecular weight is 231 g/mol. The van der Waals surface area contributed by atoms with Crippen LogP contribution in [-0.2, 0) is 6.54 Å². The molecule has 2 aromatic heterocycles. The lowest BCUT2D eigenvalue weighted by Gasteiger charge is -2.04. The SMILES string of the molecule is Cc1[nH]ncc1CNc1ccc(C(N)=O)cn1. The monoisotopic (exact) mass is 231 g/mol. The van der Waals surface area contributed by atoms with Crippen molar-refractivity contribution in [2.45, 2.75) is 13.5 Å². The number of hydrogen-bond acceptors (Lipinski definition) is 4. The molecule has 88 valence electrons. The first-order chi connectivity index (χ1) is 8.16. The molecule has 0 spiro atoms. The van der Waals surface area contributed by atoms with Gasteiger partial charge in [0.25, 0.3) is 0 Å². The van der Waals surface area contributed by atoms with Crippen molar-refractivity contribution in [1.82, 2.24) is 15.2 Å². The number of primary amides is 1. The Morgan fingerprint density at radius 1 is 1.47 bits per heavy atom. The number of aromatic amines is 1. The Morgan fingerprint density at radius 2 is 2.29 bits per heavy atom. The molecule has 0 saturated carbocycles. The van der Waals surface area contributed by atoms with Crippen LogP contribution in [-0.4, -0.2) is 21.1 Å². The third kappa shape index (κ3) is 2.60. The Kier molecular flexibility index (Phi) is 3.04. The molecule has 0 radical (unpaired) electrons. The summed E-state index contributed by atoms with van der Waals surface area (Å²) in [5, 5.41) is 9.91. The molecule has 2 heterocycles. The van der Waals surface area contributed by atoms with E-state index < -0.39 is 5.91 Å². The molecule has 17 heavy (non-hydrogen) atoms. The second kappa shape index (κ2) is 4.65. The predicted molar refractivity (Wildman–Crippen MR) is 63.4 cm³/mol. The summed E-state index contributed by atoms with van der Waals surface area (Å²) in [6, 6.07) is 3.36. The second-order valence-electron chi connectivity index (χ2n) is 3.67. The number of hydrogen-bond donors (Lipinski definition) is 3. The summed E-state index contributed by atoms with van der Waals surface area (Å²) in [6.07, 6.45) is 3.22. The van der Waals surface area contributed by atoms with Gasteiger partial charge in [0.2, 0.25) is 5.91 Å². The topological polar surface area (TPSA) is 96.7 Å². The molecule has 0 fully saturated rings. The number of nitrogens with zero attached hydrogens (tertiary/aromatic N) is 2. The molecule has 4 N–H and O–H groups in total. The van der Waals surface area contributed by atoms with E-state index in [9.17, 15) is 4.79 Å². The van der Waals surface area contributed by atoms with Crippen LogP contribution in [0.4, 0.5) is 5.82 Å². The van der Waals surface area contributed by atoms with Crippen molar-refractivity contribution in [3.8, 4) is 0 Å². The number of nitrogens with two attached hydrogens (primary N) is 1. The van der Waals surface area contributed by atoms with Gasteiger partial charge in [-0.2, -0.15) is 5.10 Å². The first kappa shape index (κ1) is 11.1. The van der Waals surface area contributed by atoms with Gasteiger partial charge in [-0.25, -0.2) is 4.98 Å². The third-order valence-corrected chi connectivity index (χ3v) is 2.44. The Balaban J connectivity index is 2.00. The molecule has 0 aromatic carbocycles. The quantitative estimate of drug-likeness (QED) is 0.725. The zero-order valence-corrected chi connectivity index (χ0v) is 9.40. The number of aryl methyl sites for hydroxylation is 1. The van der Waals surface area contributed by atoms with Crippen molar-refractivity contribution in [3.05, 3.63) is 41.3 Å². The normalized spacial score (nSPS) is 10.2. The summed E-state index contributed by atoms with van der Waals surface area (Å²) < 4.78 is 0. The van der Waals surface area contributed by atoms with E-state index in [2.05, 4.69) is 20.5 Å². The fourth-order valence-corrected chi connectivity index (χ4v) is 1.38. The van der Waals surface area contributed by atoms with E-state index in [1.807, 2.05) is 6.92 Å². The summed E-state index contributed by atoms with van der Waals surface area (Å²) in [4.78, 5) is 14.9. The summed E-state index contributed by atoms with van der Waals surface area (Å²) in [6.45, 7) is 2.58. The predicted octanol–water partition coefficient (Wildman–Crippen LogP) is 0.824. The minimum atomic E-state index is -0.477. The molecule has 0 aliphatic carbocycles. The third-order valence-electron chi connectivity index (χ3n) is 2.44. The van der Waals surface area contributed by atoms with E-state index in [1.165, 1.54) is 6.20 Å². The first-order valence-corrected chi connectivity index (χ1v) is 5.15. The fraction of sp³-hybridized carbons (Fsp3) is 0.182. The number of nitrogens with one attached hydrogen (secondary N) is 2. The van der Waals surface area contributed by atoms with Crippen molar-refractivity contribution in [1.29, 1.82) is 0 Å². The van der Waals surface area contributed by atoms with Gasteiger partial charge in [0, 0.05) is 24.0 Å². The molecule has 1 amide bonds. The van der Waals surface area contributed by atoms with E-state index in [4.69, 9.17) is 5.73 Å². The summed E-state index contributed by atoms with van der Waals surface area (Å²) in [7, 11) is 0. The van der Waals surface area contributed by atoms with Crippen molar-refractivity contribution in [2.24, 2.45) is 5.73 Å². The van der Waals surface area contributed by atoms with Crippen molar-refractivity contribution < 1.29 is 4.79 Å². The molecular weight excluding hydrogens is 218 g/mol. The molecule has 0 saturated heterocycles. The van der Waals surface area contributed by atoms with E-state index in [-0.39, 0.29) is 0 Å². The summed E-state index contributed by atoms with van der Waals surface area (Å²) in [5.74, 6) is 0.213. The van der Waals surface area contributed by atoms with Crippen LogP contribution in [0.25, 0.3) is 0 Å². The van der Waals surface area contributed by atoms with Crippen LogP contribution >= 0.6 is 0 Å². The zero-order chi connectivity index (χ0) is 12.3. The molecule has 0 bridgehead atoms. The molecule has 0 aliphatic rings. The molecule has 0 unspecified atom stereocenters. The maximum Gasteiger partial charge on any atom is 0.250 e. The van der Waals surface area contributed by atoms with Gasteiger partial charge in [-0.3, -0.25) is 9.89 Å². The average Bonchev–Trinajstić information content (AvgIpc) is 2.73. The Morgan fingerprint density at radius 3 is 2.82 bits per heavy atom. The van der Waals surface area contributed by atoms with Crippen molar-refractivity contribution >= 4 is 11.7 Å². The highest BCUT2D eigenvalue weighted by Crippen LogP contribution is 2.08. The standard InChI is InChI=1S/C11H13N5O/c1-7-9(6-15-16-7)5-14-10-3-2-8(4-13-10)11(12)17/h2-4,6H,5H2,1H3,(H2,12,17)(H,13,14)(H,15,16). The van der Waals surface area contributed by atoms with Gasteiger partial charge < -0.3 is 11.1 Å². The van der Waals surface area contributed by atoms with Gasteiger partial charge in [0.15, 0.2) is 0 Å². The molecule has 0 aliphatic heterocycles. The van der Waals surface area contributed by atoms with Crippen LogP contribution in [0.1, 0.15) is 21.6 Å². The maximum atomic E-state index is 10.9. The number of carbonyl (C=O) groups excluding carboxylic acids is 1. The van der Waals surface area contributed by atoms with Crippen LogP contribution < -0.4 is 11.1 Å². The largest absolute Gasteiger partial charge is 0.366 e. The minimum Gasteiger partial charge on any atom is -0.366 e. The van der Waals surface area contributed by atoms with Gasteiger partial charge in [-0.05, 0) is 19.1 Å². The van der Waals surface area contributed by atoms with Crippen LogP contribution in [0.3, 0.4) is 0 Å². The zero-order valence-electron chi connectivity index (χ0n) is 9.40. The van der Waals surface area contributed by atoms with E-state index in [0.29, 0.717) is 17.9 Å². The molecule has 2 rings (SSSR count). The smallest absolute Gasteiger partial charge is 0.250 e. The van der Waals surface area contributed by atoms with Crippen LogP contribution in [0.5, 0.6) is 0 Å². The van der Waals surface area contributed by atoms with Crippen LogP contribution in [0, 0.1) is 6.92 Å². The Bertz CT molecular complexity index is 517. The molecule has 2 aromatic rings. The lowest BCUT2D eigenvalue weighted by atomic mass is 10.2. The number of amides is 1. The van der Waals surface area contributed by atoms with Gasteiger partial charge in [-0.15, -0.1) is 0 Å². The van der Waals surface area contributed by atoms with Crippen LogP contribution in [0.2, 0.25) is 0 Å². The number of anilines is 1. The molecule has 6 heteroatoms. The second-order valence-corrected chi connectivity index (χ2v) is 3.67. The number of H-pyrrole nitrogens is 1. The lowest BCUT2D eigenvalue weighted by molar-refractivity contribution is 0.1000. The van der Waals surface area contributed by atoms with E-state index >= 15 is 0 Å². The van der Waals surface area contributed by atoms with Crippen molar-refractivity contribution in [2.75, 3.05) is 5.32 Å². The summed E-state index contributed by atoms with van der Waals surface area (Å²) >= 11 is 0. The van der Waals surface area contributed by atoms with Gasteiger partial charge in [-0.1, -0.05) is 0 Å². The van der Waals surface area contributed by atoms with Gasteiger partial charge >= 0.3 is 0 Å². The maximum absolute atomic E-state index is 10.9. The lowest BCUT2D eigenvalue weighted by Crippen LogP contribution is -2.11. The highest BCUT2D eigenvalue weighted by molar-refractivity contribution is 5.92. The molecule has 6 nitrogen and oxygen atoms in total. The van der Waals surface area contributed by atoms with Crippen LogP contribution in [0.15, 0.2) is 24.5 Å². The first-order valence-electron chi connectivity index (χ1n) is 5.15. The number of rotatable bonds is 4. The van der Waals surface area contributed by atoms with Crippen molar-refractivity contribution in [3.63, 3.8) is 0 Å². The van der Waals surface area contributed by atoms with Gasteiger partial charge in [0.1, 0.15) is 5.82 Å².